The molecule has 2 aromatic heterocycles. The quantitative estimate of drug-likeness (QED) is 0.705. The summed E-state index contributed by atoms with van der Waals surface area (Å²) in [6.07, 6.45) is 1.85. The Morgan fingerprint density at radius 1 is 1.40 bits per heavy atom. The van der Waals surface area contributed by atoms with Crippen LogP contribution in [-0.2, 0) is 6.54 Å². The van der Waals surface area contributed by atoms with Gasteiger partial charge in [-0.1, -0.05) is 6.07 Å². The highest BCUT2D eigenvalue weighted by Crippen LogP contribution is 2.14. The van der Waals surface area contributed by atoms with Gasteiger partial charge in [0, 0.05) is 25.8 Å². The maximum Gasteiger partial charge on any atom is 0.137 e. The molecular formula is C14H18N4O2. The van der Waals surface area contributed by atoms with E-state index in [9.17, 15) is 9.90 Å². The van der Waals surface area contributed by atoms with Crippen molar-refractivity contribution in [3.8, 4) is 0 Å². The molecule has 0 aliphatic carbocycles. The molecule has 0 atom stereocenters. The zero-order valence-electron chi connectivity index (χ0n) is 11.5. The first-order valence-electron chi connectivity index (χ1n) is 6.86. The molecule has 1 aliphatic heterocycles. The highest BCUT2D eigenvalue weighted by Gasteiger charge is 2.20. The van der Waals surface area contributed by atoms with Gasteiger partial charge in [0.25, 0.3) is 0 Å². The van der Waals surface area contributed by atoms with Gasteiger partial charge < -0.3 is 19.2 Å². The monoisotopic (exact) mass is 274 g/mol. The van der Waals surface area contributed by atoms with E-state index < -0.39 is 5.97 Å². The number of hydrogen-bond donors (Lipinski definition) is 1. The summed E-state index contributed by atoms with van der Waals surface area (Å²) in [5, 5.41) is 11.3. The summed E-state index contributed by atoms with van der Waals surface area (Å²) in [5.74, 6) is -1.21. The van der Waals surface area contributed by atoms with Gasteiger partial charge in [-0.25, -0.2) is 4.98 Å². The maximum atomic E-state index is 11.3. The van der Waals surface area contributed by atoms with Gasteiger partial charge in [0.1, 0.15) is 11.3 Å². The third-order valence-electron chi connectivity index (χ3n) is 3.91. The Morgan fingerprint density at radius 2 is 2.15 bits per heavy atom. The molecule has 2 aromatic rings. The Labute approximate surface area is 117 Å². The van der Waals surface area contributed by atoms with E-state index >= 15 is 0 Å². The molecule has 1 N–H and O–H groups in total. The number of nitrogens with one attached hydrogen (secondary N) is 1. The molecule has 6 heteroatoms. The first-order valence-corrected chi connectivity index (χ1v) is 6.86. The first-order chi connectivity index (χ1) is 9.65. The number of carboxylic acids is 1. The van der Waals surface area contributed by atoms with Crippen LogP contribution in [0.5, 0.6) is 0 Å². The number of carboxylic acid groups (broad SMARTS) is 1. The second-order valence-corrected chi connectivity index (χ2v) is 5.36. The van der Waals surface area contributed by atoms with Crippen LogP contribution in [0.15, 0.2) is 24.4 Å². The summed E-state index contributed by atoms with van der Waals surface area (Å²) in [6.45, 7) is 4.70. The predicted molar refractivity (Wildman–Crippen MR) is 71.4 cm³/mol. The Kier molecular flexibility index (Phi) is 3.42. The van der Waals surface area contributed by atoms with Gasteiger partial charge in [0.2, 0.25) is 0 Å². The molecule has 0 spiro atoms. The van der Waals surface area contributed by atoms with Crippen LogP contribution in [0.2, 0.25) is 0 Å². The summed E-state index contributed by atoms with van der Waals surface area (Å²) >= 11 is 0. The van der Waals surface area contributed by atoms with E-state index in [4.69, 9.17) is 0 Å². The molecule has 0 saturated carbocycles. The fraction of sp³-hybridized carbons (Fsp3) is 0.429. The molecule has 1 saturated heterocycles. The lowest BCUT2D eigenvalue weighted by atomic mass is 10.2. The lowest BCUT2D eigenvalue weighted by molar-refractivity contribution is -0.884. The normalized spacial score (nSPS) is 17.6. The summed E-state index contributed by atoms with van der Waals surface area (Å²) in [4.78, 5) is 19.2. The summed E-state index contributed by atoms with van der Waals surface area (Å²) in [7, 11) is 2.18. The smallest absolute Gasteiger partial charge is 0.137 e. The number of aromatic carboxylic acids is 1. The van der Waals surface area contributed by atoms with Gasteiger partial charge in [-0.2, -0.15) is 0 Å². The Balaban J connectivity index is 1.93. The van der Waals surface area contributed by atoms with Crippen molar-refractivity contribution in [2.45, 2.75) is 6.54 Å². The molecule has 6 nitrogen and oxygen atoms in total. The average molecular weight is 274 g/mol. The fourth-order valence-electron chi connectivity index (χ4n) is 2.67. The van der Waals surface area contributed by atoms with Crippen LogP contribution in [0.25, 0.3) is 5.65 Å². The van der Waals surface area contributed by atoms with Crippen molar-refractivity contribution in [3.63, 3.8) is 0 Å². The third kappa shape index (κ3) is 2.39. The zero-order valence-corrected chi connectivity index (χ0v) is 11.5. The van der Waals surface area contributed by atoms with Gasteiger partial charge >= 0.3 is 0 Å². The fourth-order valence-corrected chi connectivity index (χ4v) is 2.67. The van der Waals surface area contributed by atoms with Gasteiger partial charge in [0.15, 0.2) is 0 Å². The molecule has 20 heavy (non-hydrogen) atoms. The number of rotatable bonds is 3. The third-order valence-corrected chi connectivity index (χ3v) is 3.91. The van der Waals surface area contributed by atoms with E-state index in [0.29, 0.717) is 17.9 Å². The molecule has 1 fully saturated rings. The van der Waals surface area contributed by atoms with Crippen LogP contribution in [-0.4, -0.2) is 53.5 Å². The SMILES string of the molecule is C[NH+]1CCN(Cc2c(C(=O)[O-])nc3ccccn23)CC1. The van der Waals surface area contributed by atoms with Gasteiger partial charge in [-0.3, -0.25) is 4.90 Å². The minimum absolute atomic E-state index is 0.0578. The van der Waals surface area contributed by atoms with Gasteiger partial charge in [-0.05, 0) is 12.1 Å². The van der Waals surface area contributed by atoms with Crippen molar-refractivity contribution >= 4 is 11.6 Å². The second kappa shape index (κ2) is 5.22. The molecule has 3 heterocycles. The number of fused-ring (bicyclic) bond motifs is 1. The minimum atomic E-state index is -1.21. The number of carbonyl (C=O) groups is 1. The van der Waals surface area contributed by atoms with Crippen molar-refractivity contribution in [3.05, 3.63) is 35.8 Å². The molecule has 106 valence electrons. The van der Waals surface area contributed by atoms with Crippen LogP contribution in [0.4, 0.5) is 0 Å². The van der Waals surface area contributed by atoms with Crippen molar-refractivity contribution in [2.75, 3.05) is 33.2 Å². The van der Waals surface area contributed by atoms with E-state index in [-0.39, 0.29) is 5.69 Å². The Morgan fingerprint density at radius 3 is 2.85 bits per heavy atom. The number of pyridine rings is 1. The van der Waals surface area contributed by atoms with Crippen LogP contribution in [0.3, 0.4) is 0 Å². The molecule has 0 aromatic carbocycles. The second-order valence-electron chi connectivity index (χ2n) is 5.36. The number of quaternary nitrogens is 1. The Bertz CT molecular complexity index is 629. The van der Waals surface area contributed by atoms with Crippen molar-refractivity contribution in [1.29, 1.82) is 0 Å². The largest absolute Gasteiger partial charge is 0.543 e. The minimum Gasteiger partial charge on any atom is -0.543 e. The summed E-state index contributed by atoms with van der Waals surface area (Å²) in [6, 6.07) is 5.54. The number of hydrogen-bond acceptors (Lipinski definition) is 4. The molecule has 0 unspecified atom stereocenters. The Hall–Kier alpha value is -1.92. The van der Waals surface area contributed by atoms with Crippen molar-refractivity contribution in [2.24, 2.45) is 0 Å². The van der Waals surface area contributed by atoms with E-state index in [1.54, 1.807) is 0 Å². The van der Waals surface area contributed by atoms with Crippen LogP contribution in [0, 0.1) is 0 Å². The number of aromatic nitrogens is 2. The number of likely N-dealkylation sites (N-methyl/N-ethyl adjacent to an activating group) is 1. The molecule has 0 bridgehead atoms. The average Bonchev–Trinajstić information content (AvgIpc) is 2.81. The van der Waals surface area contributed by atoms with E-state index in [1.807, 2.05) is 28.8 Å². The summed E-state index contributed by atoms with van der Waals surface area (Å²) in [5.41, 5.74) is 1.42. The summed E-state index contributed by atoms with van der Waals surface area (Å²) < 4.78 is 1.84. The molecule has 0 radical (unpaired) electrons. The van der Waals surface area contributed by atoms with E-state index in [1.165, 1.54) is 4.90 Å². The number of imidazole rings is 1. The highest BCUT2D eigenvalue weighted by molar-refractivity contribution is 5.86. The maximum absolute atomic E-state index is 11.3. The molecule has 0 amide bonds. The van der Waals surface area contributed by atoms with Crippen molar-refractivity contribution < 1.29 is 14.8 Å². The lowest BCUT2D eigenvalue weighted by Gasteiger charge is -2.30. The van der Waals surface area contributed by atoms with Gasteiger partial charge in [-0.15, -0.1) is 0 Å². The standard InChI is InChI=1S/C14H18N4O2/c1-16-6-8-17(9-7-16)10-11-13(14(19)20)15-12-4-2-3-5-18(11)12/h2-5H,6-10H2,1H3,(H,19,20). The lowest BCUT2D eigenvalue weighted by Crippen LogP contribution is -3.11. The van der Waals surface area contributed by atoms with Crippen LogP contribution in [0.1, 0.15) is 16.2 Å². The zero-order chi connectivity index (χ0) is 14.1. The van der Waals surface area contributed by atoms with E-state index in [0.717, 1.165) is 26.2 Å². The molecule has 3 rings (SSSR count). The number of piperazine rings is 1. The highest BCUT2D eigenvalue weighted by atomic mass is 16.4. The first kappa shape index (κ1) is 13.1. The number of nitrogens with zero attached hydrogens (tertiary/aromatic N) is 3. The molecular weight excluding hydrogens is 256 g/mol. The van der Waals surface area contributed by atoms with Crippen LogP contribution < -0.4 is 10.0 Å². The van der Waals surface area contributed by atoms with Crippen LogP contribution >= 0.6 is 0 Å². The van der Waals surface area contributed by atoms with E-state index in [2.05, 4.69) is 16.9 Å². The number of carbonyl (C=O) groups excluding carboxylic acids is 1. The van der Waals surface area contributed by atoms with Gasteiger partial charge in [0.05, 0.1) is 31.8 Å². The molecule has 1 aliphatic rings. The predicted octanol–water partition coefficient (Wildman–Crippen LogP) is -1.97. The topological polar surface area (TPSA) is 65.1 Å². The van der Waals surface area contributed by atoms with Crippen molar-refractivity contribution in [1.82, 2.24) is 14.3 Å².